The summed E-state index contributed by atoms with van der Waals surface area (Å²) in [5.74, 6) is -0.00821. The van der Waals surface area contributed by atoms with Crippen molar-refractivity contribution in [3.63, 3.8) is 0 Å². The van der Waals surface area contributed by atoms with Crippen LogP contribution in [0.2, 0.25) is 0 Å². The van der Waals surface area contributed by atoms with Crippen LogP contribution in [0.1, 0.15) is 27.2 Å². The topological polar surface area (TPSA) is 76.0 Å². The SMILES string of the molecule is Cc1cc(C)cc(NC(=O)c2cc(NC(=O)Cc3ccccc3)n(C)n2)c1. The van der Waals surface area contributed by atoms with E-state index >= 15 is 0 Å². The molecular formula is C21H22N4O2. The van der Waals surface area contributed by atoms with Crippen LogP contribution in [-0.4, -0.2) is 21.6 Å². The summed E-state index contributed by atoms with van der Waals surface area (Å²) in [6.45, 7) is 3.95. The fourth-order valence-electron chi connectivity index (χ4n) is 2.91. The molecule has 6 heteroatoms. The van der Waals surface area contributed by atoms with Crippen LogP contribution in [0.3, 0.4) is 0 Å². The maximum atomic E-state index is 12.5. The molecule has 1 aromatic heterocycles. The Hall–Kier alpha value is -3.41. The highest BCUT2D eigenvalue weighted by Crippen LogP contribution is 2.16. The smallest absolute Gasteiger partial charge is 0.276 e. The van der Waals surface area contributed by atoms with E-state index in [0.717, 1.165) is 22.4 Å². The monoisotopic (exact) mass is 362 g/mol. The molecular weight excluding hydrogens is 340 g/mol. The third kappa shape index (κ3) is 4.82. The van der Waals surface area contributed by atoms with Crippen LogP contribution in [0.25, 0.3) is 0 Å². The van der Waals surface area contributed by atoms with Gasteiger partial charge in [0.25, 0.3) is 5.91 Å². The normalized spacial score (nSPS) is 10.5. The average Bonchev–Trinajstić information content (AvgIpc) is 2.95. The lowest BCUT2D eigenvalue weighted by Gasteiger charge is -2.05. The van der Waals surface area contributed by atoms with Crippen molar-refractivity contribution in [1.29, 1.82) is 0 Å². The zero-order chi connectivity index (χ0) is 19.4. The predicted molar refractivity (Wildman–Crippen MR) is 106 cm³/mol. The molecule has 27 heavy (non-hydrogen) atoms. The molecule has 0 aliphatic heterocycles. The Bertz CT molecular complexity index is 957. The van der Waals surface area contributed by atoms with Crippen molar-refractivity contribution in [3.8, 4) is 0 Å². The minimum atomic E-state index is -0.320. The summed E-state index contributed by atoms with van der Waals surface area (Å²) in [5.41, 5.74) is 4.02. The van der Waals surface area contributed by atoms with Crippen LogP contribution in [0.4, 0.5) is 11.5 Å². The van der Waals surface area contributed by atoms with E-state index in [4.69, 9.17) is 0 Å². The van der Waals surface area contributed by atoms with Crippen LogP contribution in [-0.2, 0) is 18.3 Å². The molecule has 2 aromatic carbocycles. The van der Waals surface area contributed by atoms with Gasteiger partial charge in [0.2, 0.25) is 5.91 Å². The van der Waals surface area contributed by atoms with Gasteiger partial charge >= 0.3 is 0 Å². The molecule has 2 N–H and O–H groups in total. The highest BCUT2D eigenvalue weighted by molar-refractivity contribution is 6.04. The van der Waals surface area contributed by atoms with Crippen LogP contribution in [0, 0.1) is 13.8 Å². The van der Waals surface area contributed by atoms with Gasteiger partial charge in [-0.2, -0.15) is 5.10 Å². The number of hydrogen-bond acceptors (Lipinski definition) is 3. The molecule has 0 bridgehead atoms. The molecule has 1 heterocycles. The van der Waals surface area contributed by atoms with E-state index in [9.17, 15) is 9.59 Å². The average molecular weight is 362 g/mol. The first-order chi connectivity index (χ1) is 12.9. The van der Waals surface area contributed by atoms with Crippen molar-refractivity contribution in [1.82, 2.24) is 9.78 Å². The van der Waals surface area contributed by atoms with Gasteiger partial charge in [0.1, 0.15) is 5.82 Å². The van der Waals surface area contributed by atoms with Crippen molar-refractivity contribution in [3.05, 3.63) is 77.0 Å². The van der Waals surface area contributed by atoms with Gasteiger partial charge in [0, 0.05) is 18.8 Å². The molecule has 2 amide bonds. The first kappa shape index (κ1) is 18.4. The van der Waals surface area contributed by atoms with Crippen LogP contribution in [0.5, 0.6) is 0 Å². The van der Waals surface area contributed by atoms with E-state index in [-0.39, 0.29) is 23.9 Å². The highest BCUT2D eigenvalue weighted by Gasteiger charge is 2.15. The molecule has 0 unspecified atom stereocenters. The van der Waals surface area contributed by atoms with Crippen LogP contribution >= 0.6 is 0 Å². The van der Waals surface area contributed by atoms with Gasteiger partial charge in [0.15, 0.2) is 5.69 Å². The van der Waals surface area contributed by atoms with E-state index < -0.39 is 0 Å². The fraction of sp³-hybridized carbons (Fsp3) is 0.190. The molecule has 0 saturated carbocycles. The maximum Gasteiger partial charge on any atom is 0.276 e. The molecule has 0 spiro atoms. The first-order valence-corrected chi connectivity index (χ1v) is 8.68. The summed E-state index contributed by atoms with van der Waals surface area (Å²) in [4.78, 5) is 24.7. The molecule has 0 fully saturated rings. The number of aromatic nitrogens is 2. The van der Waals surface area contributed by atoms with Crippen LogP contribution < -0.4 is 10.6 Å². The Balaban J connectivity index is 1.68. The second-order valence-corrected chi connectivity index (χ2v) is 6.58. The molecule has 3 aromatic rings. The number of amides is 2. The number of aryl methyl sites for hydroxylation is 3. The van der Waals surface area contributed by atoms with Gasteiger partial charge in [-0.3, -0.25) is 14.3 Å². The number of anilines is 2. The van der Waals surface area contributed by atoms with Crippen molar-refractivity contribution >= 4 is 23.3 Å². The number of nitrogens with one attached hydrogen (secondary N) is 2. The lowest BCUT2D eigenvalue weighted by Crippen LogP contribution is -2.16. The Morgan fingerprint density at radius 1 is 0.963 bits per heavy atom. The molecule has 0 saturated heterocycles. The lowest BCUT2D eigenvalue weighted by atomic mass is 10.1. The van der Waals surface area contributed by atoms with Gasteiger partial charge in [-0.25, -0.2) is 0 Å². The van der Waals surface area contributed by atoms with Gasteiger partial charge in [-0.1, -0.05) is 36.4 Å². The molecule has 138 valence electrons. The maximum absolute atomic E-state index is 12.5. The predicted octanol–water partition coefficient (Wildman–Crippen LogP) is 3.47. The number of carbonyl (C=O) groups excluding carboxylic acids is 2. The number of benzene rings is 2. The lowest BCUT2D eigenvalue weighted by molar-refractivity contribution is -0.115. The second kappa shape index (κ2) is 7.86. The Labute approximate surface area is 158 Å². The van der Waals surface area contributed by atoms with E-state index in [1.165, 1.54) is 4.68 Å². The summed E-state index contributed by atoms with van der Waals surface area (Å²) in [6, 6.07) is 16.9. The summed E-state index contributed by atoms with van der Waals surface area (Å²) in [5, 5.41) is 9.85. The third-order valence-corrected chi connectivity index (χ3v) is 4.07. The Morgan fingerprint density at radius 3 is 2.30 bits per heavy atom. The zero-order valence-corrected chi connectivity index (χ0v) is 15.6. The highest BCUT2D eigenvalue weighted by atomic mass is 16.2. The van der Waals surface area contributed by atoms with Gasteiger partial charge < -0.3 is 10.6 Å². The van der Waals surface area contributed by atoms with Crippen molar-refractivity contribution in [2.75, 3.05) is 10.6 Å². The molecule has 0 radical (unpaired) electrons. The van der Waals surface area contributed by atoms with Gasteiger partial charge in [0.05, 0.1) is 6.42 Å². The minimum Gasteiger partial charge on any atom is -0.321 e. The number of carbonyl (C=O) groups is 2. The summed E-state index contributed by atoms with van der Waals surface area (Å²) in [6.07, 6.45) is 0.260. The summed E-state index contributed by atoms with van der Waals surface area (Å²) >= 11 is 0. The Kier molecular flexibility index (Phi) is 5.35. The summed E-state index contributed by atoms with van der Waals surface area (Å²) in [7, 11) is 1.69. The third-order valence-electron chi connectivity index (χ3n) is 4.07. The van der Waals surface area contributed by atoms with Crippen molar-refractivity contribution in [2.24, 2.45) is 7.05 Å². The molecule has 0 aliphatic carbocycles. The number of rotatable bonds is 5. The standard InChI is InChI=1S/C21H22N4O2/c1-14-9-15(2)11-17(10-14)22-21(27)18-13-19(25(3)24-18)23-20(26)12-16-7-5-4-6-8-16/h4-11,13H,12H2,1-3H3,(H,22,27)(H,23,26). The largest absolute Gasteiger partial charge is 0.321 e. The van der Waals surface area contributed by atoms with E-state index in [2.05, 4.69) is 15.7 Å². The van der Waals surface area contributed by atoms with E-state index in [1.54, 1.807) is 13.1 Å². The van der Waals surface area contributed by atoms with E-state index in [0.29, 0.717) is 5.82 Å². The number of hydrogen-bond donors (Lipinski definition) is 2. The summed E-state index contributed by atoms with van der Waals surface area (Å²) < 4.78 is 1.49. The van der Waals surface area contributed by atoms with Crippen molar-refractivity contribution < 1.29 is 9.59 Å². The second-order valence-electron chi connectivity index (χ2n) is 6.58. The zero-order valence-electron chi connectivity index (χ0n) is 15.6. The van der Waals surface area contributed by atoms with Gasteiger partial charge in [-0.05, 0) is 42.7 Å². The minimum absolute atomic E-state index is 0.162. The quantitative estimate of drug-likeness (QED) is 0.730. The van der Waals surface area contributed by atoms with E-state index in [1.807, 2.05) is 62.4 Å². The number of nitrogens with zero attached hydrogens (tertiary/aromatic N) is 2. The molecule has 0 atom stereocenters. The Morgan fingerprint density at radius 2 is 1.63 bits per heavy atom. The first-order valence-electron chi connectivity index (χ1n) is 8.68. The van der Waals surface area contributed by atoms with Crippen LogP contribution in [0.15, 0.2) is 54.6 Å². The van der Waals surface area contributed by atoms with Gasteiger partial charge in [-0.15, -0.1) is 0 Å². The van der Waals surface area contributed by atoms with Crippen molar-refractivity contribution in [2.45, 2.75) is 20.3 Å². The molecule has 0 aliphatic rings. The molecule has 6 nitrogen and oxygen atoms in total. The molecule has 3 rings (SSSR count). The fourth-order valence-corrected chi connectivity index (χ4v) is 2.91.